The van der Waals surface area contributed by atoms with Crippen LogP contribution in [0.25, 0.3) is 0 Å². The molecule has 0 radical (unpaired) electrons. The second-order valence-electron chi connectivity index (χ2n) is 4.12. The molecule has 1 rings (SSSR count). The van der Waals surface area contributed by atoms with Gasteiger partial charge in [0.1, 0.15) is 0 Å². The number of hydrogen-bond donors (Lipinski definition) is 2. The third-order valence-electron chi connectivity index (χ3n) is 2.50. The van der Waals surface area contributed by atoms with Gasteiger partial charge in [0.25, 0.3) is 5.91 Å². The molecule has 0 heterocycles. The number of carbonyl (C=O) groups excluding carboxylic acids is 1. The Labute approximate surface area is 97.0 Å². The van der Waals surface area contributed by atoms with Crippen molar-refractivity contribution in [1.82, 2.24) is 5.32 Å². The molecule has 0 saturated heterocycles. The Morgan fingerprint density at radius 3 is 2.56 bits per heavy atom. The van der Waals surface area contributed by atoms with Crippen LogP contribution >= 0.6 is 0 Å². The number of nitrogens with two attached hydrogens (primary N) is 1. The van der Waals surface area contributed by atoms with Crippen LogP contribution in [-0.2, 0) is 0 Å². The number of hydrogen-bond acceptors (Lipinski definition) is 2. The summed E-state index contributed by atoms with van der Waals surface area (Å²) in [5.41, 5.74) is 7.66. The van der Waals surface area contributed by atoms with E-state index in [1.54, 1.807) is 0 Å². The lowest BCUT2D eigenvalue weighted by Gasteiger charge is -2.11. The third-order valence-corrected chi connectivity index (χ3v) is 2.50. The zero-order valence-electron chi connectivity index (χ0n) is 9.99. The molecular formula is C13H20N2O. The summed E-state index contributed by atoms with van der Waals surface area (Å²) in [4.78, 5) is 11.7. The van der Waals surface area contributed by atoms with Crippen LogP contribution in [0.1, 0.15) is 35.7 Å². The van der Waals surface area contributed by atoms with Gasteiger partial charge in [0.05, 0.1) is 0 Å². The van der Waals surface area contributed by atoms with Crippen LogP contribution in [0.2, 0.25) is 0 Å². The Hall–Kier alpha value is -1.35. The molecule has 1 atom stereocenters. The summed E-state index contributed by atoms with van der Waals surface area (Å²) in [5, 5.41) is 2.84. The fraction of sp³-hybridized carbons (Fsp3) is 0.462. The molecule has 3 N–H and O–H groups in total. The van der Waals surface area contributed by atoms with Crippen molar-refractivity contribution in [3.63, 3.8) is 0 Å². The minimum Gasteiger partial charge on any atom is -0.350 e. The summed E-state index contributed by atoms with van der Waals surface area (Å²) in [6, 6.07) is 7.58. The van der Waals surface area contributed by atoms with Crippen LogP contribution in [0.15, 0.2) is 24.3 Å². The maximum Gasteiger partial charge on any atom is 0.251 e. The highest BCUT2D eigenvalue weighted by molar-refractivity contribution is 5.94. The van der Waals surface area contributed by atoms with E-state index in [0.717, 1.165) is 18.4 Å². The molecule has 0 aliphatic heterocycles. The average molecular weight is 220 g/mol. The standard InChI is InChI=1S/C13H20N2O/c1-3-4-12(14)9-15-13(16)11-7-5-10(2)6-8-11/h5-8,12H,3-4,9,14H2,1-2H3,(H,15,16). The molecule has 1 amide bonds. The van der Waals surface area contributed by atoms with E-state index in [1.807, 2.05) is 31.2 Å². The van der Waals surface area contributed by atoms with Gasteiger partial charge < -0.3 is 11.1 Å². The van der Waals surface area contributed by atoms with Crippen molar-refractivity contribution in [3.8, 4) is 0 Å². The Bertz CT molecular complexity index is 332. The van der Waals surface area contributed by atoms with Gasteiger partial charge in [-0.05, 0) is 25.5 Å². The van der Waals surface area contributed by atoms with Gasteiger partial charge in [0, 0.05) is 18.2 Å². The fourth-order valence-corrected chi connectivity index (χ4v) is 1.50. The highest BCUT2D eigenvalue weighted by Gasteiger charge is 2.06. The van der Waals surface area contributed by atoms with Crippen LogP contribution < -0.4 is 11.1 Å². The van der Waals surface area contributed by atoms with Crippen LogP contribution in [0, 0.1) is 6.92 Å². The average Bonchev–Trinajstić information content (AvgIpc) is 2.27. The third kappa shape index (κ3) is 4.03. The van der Waals surface area contributed by atoms with Crippen molar-refractivity contribution in [3.05, 3.63) is 35.4 Å². The first kappa shape index (κ1) is 12.7. The molecule has 0 saturated carbocycles. The van der Waals surface area contributed by atoms with E-state index in [9.17, 15) is 4.79 Å². The van der Waals surface area contributed by atoms with Crippen LogP contribution in [0.3, 0.4) is 0 Å². The molecule has 0 bridgehead atoms. The molecule has 0 aliphatic carbocycles. The molecule has 3 heteroatoms. The summed E-state index contributed by atoms with van der Waals surface area (Å²) in [7, 11) is 0. The van der Waals surface area contributed by atoms with Gasteiger partial charge in [-0.25, -0.2) is 0 Å². The number of carbonyl (C=O) groups is 1. The van der Waals surface area contributed by atoms with Gasteiger partial charge in [-0.15, -0.1) is 0 Å². The van der Waals surface area contributed by atoms with E-state index in [1.165, 1.54) is 0 Å². The lowest BCUT2D eigenvalue weighted by molar-refractivity contribution is 0.0950. The van der Waals surface area contributed by atoms with Crippen LogP contribution in [0.4, 0.5) is 0 Å². The van der Waals surface area contributed by atoms with E-state index in [0.29, 0.717) is 12.1 Å². The molecule has 3 nitrogen and oxygen atoms in total. The minimum absolute atomic E-state index is 0.0495. The minimum atomic E-state index is -0.0495. The largest absolute Gasteiger partial charge is 0.350 e. The molecule has 1 unspecified atom stereocenters. The molecule has 88 valence electrons. The van der Waals surface area contributed by atoms with E-state index in [2.05, 4.69) is 12.2 Å². The second-order valence-corrected chi connectivity index (χ2v) is 4.12. The van der Waals surface area contributed by atoms with Crippen molar-refractivity contribution in [2.75, 3.05) is 6.54 Å². The Morgan fingerprint density at radius 1 is 1.38 bits per heavy atom. The summed E-state index contributed by atoms with van der Waals surface area (Å²) >= 11 is 0. The number of rotatable bonds is 5. The topological polar surface area (TPSA) is 55.1 Å². The summed E-state index contributed by atoms with van der Waals surface area (Å²) in [6.45, 7) is 4.63. The van der Waals surface area contributed by atoms with Crippen molar-refractivity contribution in [1.29, 1.82) is 0 Å². The molecule has 16 heavy (non-hydrogen) atoms. The summed E-state index contributed by atoms with van der Waals surface area (Å²) < 4.78 is 0. The first-order chi connectivity index (χ1) is 7.63. The van der Waals surface area contributed by atoms with Crippen molar-refractivity contribution in [2.45, 2.75) is 32.7 Å². The van der Waals surface area contributed by atoms with Gasteiger partial charge in [-0.1, -0.05) is 31.0 Å². The van der Waals surface area contributed by atoms with E-state index in [-0.39, 0.29) is 11.9 Å². The predicted octanol–water partition coefficient (Wildman–Crippen LogP) is 1.85. The summed E-state index contributed by atoms with van der Waals surface area (Å²) in [5.74, 6) is -0.0495. The Morgan fingerprint density at radius 2 is 2.00 bits per heavy atom. The number of aryl methyl sites for hydroxylation is 1. The highest BCUT2D eigenvalue weighted by atomic mass is 16.1. The van der Waals surface area contributed by atoms with E-state index < -0.39 is 0 Å². The number of benzene rings is 1. The van der Waals surface area contributed by atoms with E-state index >= 15 is 0 Å². The molecule has 0 aromatic heterocycles. The highest BCUT2D eigenvalue weighted by Crippen LogP contribution is 2.02. The molecule has 1 aromatic carbocycles. The van der Waals surface area contributed by atoms with Gasteiger partial charge in [-0.2, -0.15) is 0 Å². The van der Waals surface area contributed by atoms with Gasteiger partial charge in [-0.3, -0.25) is 4.79 Å². The van der Waals surface area contributed by atoms with Crippen LogP contribution in [-0.4, -0.2) is 18.5 Å². The maximum absolute atomic E-state index is 11.7. The monoisotopic (exact) mass is 220 g/mol. The first-order valence-corrected chi connectivity index (χ1v) is 5.74. The zero-order chi connectivity index (χ0) is 12.0. The molecule has 1 aromatic rings. The lowest BCUT2D eigenvalue weighted by Crippen LogP contribution is -2.37. The second kappa shape index (κ2) is 6.28. The van der Waals surface area contributed by atoms with Gasteiger partial charge in [0.15, 0.2) is 0 Å². The normalized spacial score (nSPS) is 12.2. The fourth-order valence-electron chi connectivity index (χ4n) is 1.50. The summed E-state index contributed by atoms with van der Waals surface area (Å²) in [6.07, 6.45) is 1.98. The smallest absolute Gasteiger partial charge is 0.251 e. The number of nitrogens with one attached hydrogen (secondary N) is 1. The van der Waals surface area contributed by atoms with Crippen molar-refractivity contribution >= 4 is 5.91 Å². The molecule has 0 spiro atoms. The molecule has 0 fully saturated rings. The predicted molar refractivity (Wildman–Crippen MR) is 66.4 cm³/mol. The Kier molecular flexibility index (Phi) is 4.99. The Balaban J connectivity index is 2.43. The molecule has 0 aliphatic rings. The SMILES string of the molecule is CCCC(N)CNC(=O)c1ccc(C)cc1. The number of amides is 1. The van der Waals surface area contributed by atoms with Gasteiger partial charge >= 0.3 is 0 Å². The van der Waals surface area contributed by atoms with Gasteiger partial charge in [0.2, 0.25) is 0 Å². The quantitative estimate of drug-likeness (QED) is 0.795. The van der Waals surface area contributed by atoms with Crippen molar-refractivity contribution < 1.29 is 4.79 Å². The molecular weight excluding hydrogens is 200 g/mol. The van der Waals surface area contributed by atoms with Crippen LogP contribution in [0.5, 0.6) is 0 Å². The lowest BCUT2D eigenvalue weighted by atomic mass is 10.1. The first-order valence-electron chi connectivity index (χ1n) is 5.74. The van der Waals surface area contributed by atoms with E-state index in [4.69, 9.17) is 5.73 Å². The maximum atomic E-state index is 11.7. The van der Waals surface area contributed by atoms with Crippen molar-refractivity contribution in [2.24, 2.45) is 5.73 Å². The zero-order valence-corrected chi connectivity index (χ0v) is 9.99.